The number of ether oxygens (including phenoxy) is 1. The average Bonchev–Trinajstić information content (AvgIpc) is 3.25. The van der Waals surface area contributed by atoms with Crippen LogP contribution in [0.5, 0.6) is 0 Å². The maximum Gasteiger partial charge on any atom is 0.257 e. The molecule has 4 rings (SSSR count). The number of amides is 1. The summed E-state index contributed by atoms with van der Waals surface area (Å²) in [4.78, 5) is 15.2. The molecule has 4 heteroatoms. The van der Waals surface area contributed by atoms with Gasteiger partial charge in [-0.3, -0.25) is 4.79 Å². The summed E-state index contributed by atoms with van der Waals surface area (Å²) in [7, 11) is 0. The van der Waals surface area contributed by atoms with Crippen molar-refractivity contribution in [1.29, 1.82) is 0 Å². The first-order valence-electron chi connectivity index (χ1n) is 9.52. The van der Waals surface area contributed by atoms with Gasteiger partial charge in [-0.2, -0.15) is 0 Å². The highest BCUT2D eigenvalue weighted by Crippen LogP contribution is 2.47. The molecule has 1 heterocycles. The quantitative estimate of drug-likeness (QED) is 0.709. The molecule has 1 fully saturated rings. The lowest BCUT2D eigenvalue weighted by Crippen LogP contribution is -2.48. The van der Waals surface area contributed by atoms with Gasteiger partial charge in [0.05, 0.1) is 6.10 Å². The maximum atomic E-state index is 13.2. The average molecular weight is 370 g/mol. The van der Waals surface area contributed by atoms with Crippen LogP contribution in [0.15, 0.2) is 48.5 Å². The topological polar surface area (TPSA) is 29.5 Å². The van der Waals surface area contributed by atoms with Crippen molar-refractivity contribution in [1.82, 2.24) is 4.90 Å². The van der Waals surface area contributed by atoms with Gasteiger partial charge in [-0.25, -0.2) is 0 Å². The van der Waals surface area contributed by atoms with Crippen molar-refractivity contribution >= 4 is 17.5 Å². The molecule has 2 aliphatic rings. The summed E-state index contributed by atoms with van der Waals surface area (Å²) in [5.41, 5.74) is 1.81. The van der Waals surface area contributed by atoms with Crippen molar-refractivity contribution in [3.63, 3.8) is 0 Å². The highest BCUT2D eigenvalue weighted by Gasteiger charge is 2.52. The van der Waals surface area contributed by atoms with Crippen molar-refractivity contribution in [2.24, 2.45) is 0 Å². The maximum absolute atomic E-state index is 13.2. The van der Waals surface area contributed by atoms with E-state index in [4.69, 9.17) is 16.3 Å². The van der Waals surface area contributed by atoms with Gasteiger partial charge < -0.3 is 9.64 Å². The third kappa shape index (κ3) is 2.74. The fourth-order valence-electron chi connectivity index (χ4n) is 4.31. The number of carbonyl (C=O) groups excluding carboxylic acids is 1. The standard InChI is InChI=1S/C22H24ClNO2/c1-2-15-24-21(25)19-9-5-6-10-20(19)22(24,26-18-7-3-4-8-18)16-11-13-17(23)14-12-16/h5-6,9-14,18H,2-4,7-8,15H2,1H3. The molecule has 0 saturated heterocycles. The van der Waals surface area contributed by atoms with Crippen LogP contribution in [0.4, 0.5) is 0 Å². The van der Waals surface area contributed by atoms with Crippen LogP contribution in [-0.4, -0.2) is 23.5 Å². The molecule has 0 spiro atoms. The predicted molar refractivity (Wildman–Crippen MR) is 103 cm³/mol. The lowest BCUT2D eigenvalue weighted by molar-refractivity contribution is -0.142. The number of halogens is 1. The number of nitrogens with zero attached hydrogens (tertiary/aromatic N) is 1. The van der Waals surface area contributed by atoms with E-state index in [0.717, 1.165) is 36.0 Å². The smallest absolute Gasteiger partial charge is 0.257 e. The van der Waals surface area contributed by atoms with Crippen LogP contribution in [0.3, 0.4) is 0 Å². The minimum absolute atomic E-state index is 0.0513. The zero-order chi connectivity index (χ0) is 18.1. The Morgan fingerprint density at radius 2 is 1.81 bits per heavy atom. The minimum atomic E-state index is -0.858. The van der Waals surface area contributed by atoms with Crippen molar-refractivity contribution in [3.8, 4) is 0 Å². The number of rotatable bonds is 5. The van der Waals surface area contributed by atoms with Crippen LogP contribution in [0.25, 0.3) is 0 Å². The first-order valence-corrected chi connectivity index (χ1v) is 9.90. The molecule has 1 atom stereocenters. The second-order valence-electron chi connectivity index (χ2n) is 7.18. The second-order valence-corrected chi connectivity index (χ2v) is 7.61. The minimum Gasteiger partial charge on any atom is -0.344 e. The summed E-state index contributed by atoms with van der Waals surface area (Å²) in [6, 6.07) is 15.6. The predicted octanol–water partition coefficient (Wildman–Crippen LogP) is 5.37. The Morgan fingerprint density at radius 3 is 2.50 bits per heavy atom. The van der Waals surface area contributed by atoms with Gasteiger partial charge in [0.25, 0.3) is 5.91 Å². The first kappa shape index (κ1) is 17.6. The molecule has 0 N–H and O–H groups in total. The molecule has 1 aliphatic heterocycles. The number of hydrogen-bond donors (Lipinski definition) is 0. The van der Waals surface area contributed by atoms with E-state index in [1.54, 1.807) is 0 Å². The van der Waals surface area contributed by atoms with Crippen LogP contribution in [0, 0.1) is 0 Å². The van der Waals surface area contributed by atoms with E-state index in [-0.39, 0.29) is 12.0 Å². The number of fused-ring (bicyclic) bond motifs is 1. The molecular weight excluding hydrogens is 346 g/mol. The summed E-state index contributed by atoms with van der Waals surface area (Å²) < 4.78 is 6.81. The van der Waals surface area contributed by atoms with Crippen LogP contribution >= 0.6 is 11.6 Å². The molecule has 1 unspecified atom stereocenters. The molecule has 0 aromatic heterocycles. The van der Waals surface area contributed by atoms with Gasteiger partial charge in [0.1, 0.15) is 0 Å². The van der Waals surface area contributed by atoms with E-state index in [1.165, 1.54) is 12.8 Å². The molecule has 1 amide bonds. The van der Waals surface area contributed by atoms with E-state index < -0.39 is 5.72 Å². The molecule has 0 radical (unpaired) electrons. The lowest BCUT2D eigenvalue weighted by Gasteiger charge is -2.41. The van der Waals surface area contributed by atoms with Crippen LogP contribution in [0.2, 0.25) is 5.02 Å². The molecule has 136 valence electrons. The number of hydrogen-bond acceptors (Lipinski definition) is 2. The van der Waals surface area contributed by atoms with E-state index in [1.807, 2.05) is 53.4 Å². The largest absolute Gasteiger partial charge is 0.344 e. The Bertz CT molecular complexity index is 798. The normalized spacial score (nSPS) is 22.8. The van der Waals surface area contributed by atoms with Gasteiger partial charge in [-0.15, -0.1) is 0 Å². The van der Waals surface area contributed by atoms with Crippen molar-refractivity contribution in [3.05, 3.63) is 70.2 Å². The van der Waals surface area contributed by atoms with Gasteiger partial charge in [0, 0.05) is 28.3 Å². The SMILES string of the molecule is CCCN1C(=O)c2ccccc2C1(OC1CCCC1)c1ccc(Cl)cc1. The second kappa shape index (κ2) is 7.05. The monoisotopic (exact) mass is 369 g/mol. The zero-order valence-electron chi connectivity index (χ0n) is 15.1. The Morgan fingerprint density at radius 1 is 1.12 bits per heavy atom. The Labute approximate surface area is 159 Å². The fraction of sp³-hybridized carbons (Fsp3) is 0.409. The summed E-state index contributed by atoms with van der Waals surface area (Å²) in [6.45, 7) is 2.75. The van der Waals surface area contributed by atoms with Crippen LogP contribution in [0.1, 0.15) is 60.5 Å². The van der Waals surface area contributed by atoms with Crippen LogP contribution < -0.4 is 0 Å². The fourth-order valence-corrected chi connectivity index (χ4v) is 4.44. The molecule has 0 bridgehead atoms. The number of carbonyl (C=O) groups is 1. The van der Waals surface area contributed by atoms with Gasteiger partial charge >= 0.3 is 0 Å². The van der Waals surface area contributed by atoms with Crippen molar-refractivity contribution in [2.45, 2.75) is 50.9 Å². The molecule has 26 heavy (non-hydrogen) atoms. The molecular formula is C22H24ClNO2. The Balaban J connectivity index is 1.91. The molecule has 1 aliphatic carbocycles. The van der Waals surface area contributed by atoms with Gasteiger partial charge in [-0.1, -0.05) is 61.7 Å². The van der Waals surface area contributed by atoms with E-state index >= 15 is 0 Å². The van der Waals surface area contributed by atoms with Gasteiger partial charge in [0.2, 0.25) is 0 Å². The first-order chi connectivity index (χ1) is 12.7. The number of benzene rings is 2. The summed E-state index contributed by atoms with van der Waals surface area (Å²) in [6.07, 6.45) is 5.51. The zero-order valence-corrected chi connectivity index (χ0v) is 15.8. The van der Waals surface area contributed by atoms with Gasteiger partial charge in [0.15, 0.2) is 5.72 Å². The third-order valence-corrected chi connectivity index (χ3v) is 5.72. The van der Waals surface area contributed by atoms with Crippen molar-refractivity contribution < 1.29 is 9.53 Å². The molecule has 2 aromatic rings. The highest BCUT2D eigenvalue weighted by molar-refractivity contribution is 6.30. The Kier molecular flexibility index (Phi) is 4.76. The van der Waals surface area contributed by atoms with E-state index in [2.05, 4.69) is 6.92 Å². The Hall–Kier alpha value is -1.84. The van der Waals surface area contributed by atoms with Crippen molar-refractivity contribution in [2.75, 3.05) is 6.54 Å². The summed E-state index contributed by atoms with van der Waals surface area (Å²) in [5, 5.41) is 0.685. The summed E-state index contributed by atoms with van der Waals surface area (Å²) >= 11 is 6.14. The summed E-state index contributed by atoms with van der Waals surface area (Å²) in [5.74, 6) is 0.0513. The van der Waals surface area contributed by atoms with E-state index in [0.29, 0.717) is 11.6 Å². The van der Waals surface area contributed by atoms with E-state index in [9.17, 15) is 4.79 Å². The van der Waals surface area contributed by atoms with Gasteiger partial charge in [-0.05, 0) is 37.5 Å². The van der Waals surface area contributed by atoms with Crippen LogP contribution in [-0.2, 0) is 10.5 Å². The lowest BCUT2D eigenvalue weighted by atomic mass is 9.93. The third-order valence-electron chi connectivity index (χ3n) is 5.47. The highest BCUT2D eigenvalue weighted by atomic mass is 35.5. The molecule has 1 saturated carbocycles. The molecule has 2 aromatic carbocycles. The molecule has 3 nitrogen and oxygen atoms in total.